The lowest BCUT2D eigenvalue weighted by atomic mass is 10.0. The summed E-state index contributed by atoms with van der Waals surface area (Å²) >= 11 is 6.23. The normalized spacial score (nSPS) is 11.2. The van der Waals surface area contributed by atoms with Gasteiger partial charge in [0.1, 0.15) is 0 Å². The maximum absolute atomic E-state index is 6.23. The third kappa shape index (κ3) is 1.67. The molecule has 0 fully saturated rings. The van der Waals surface area contributed by atoms with E-state index in [4.69, 9.17) is 11.6 Å². The maximum Gasteiger partial charge on any atom is 0.0713 e. The number of fused-ring (bicyclic) bond motifs is 2. The zero-order valence-electron chi connectivity index (χ0n) is 9.57. The first-order valence-electron chi connectivity index (χ1n) is 5.76. The third-order valence-electron chi connectivity index (χ3n) is 3.11. The molecule has 3 aromatic rings. The topological polar surface area (TPSA) is 12.9 Å². The number of para-hydroxylation sites is 1. The van der Waals surface area contributed by atoms with Crippen LogP contribution in [0.2, 0.25) is 5.02 Å². The van der Waals surface area contributed by atoms with Gasteiger partial charge >= 0.3 is 0 Å². The highest BCUT2D eigenvalue weighted by molar-refractivity contribution is 6.32. The molecule has 0 bridgehead atoms. The van der Waals surface area contributed by atoms with Crippen LogP contribution < -0.4 is 0 Å². The molecule has 3 rings (SSSR count). The lowest BCUT2D eigenvalue weighted by Gasteiger charge is -2.07. The van der Waals surface area contributed by atoms with Crippen molar-refractivity contribution in [2.45, 2.75) is 13.3 Å². The van der Waals surface area contributed by atoms with Crippen LogP contribution in [-0.2, 0) is 6.42 Å². The minimum atomic E-state index is 0.831. The molecular formula is C15H12ClN. The predicted molar refractivity (Wildman–Crippen MR) is 73.6 cm³/mol. The summed E-state index contributed by atoms with van der Waals surface area (Å²) in [7, 11) is 0. The number of benzene rings is 2. The van der Waals surface area contributed by atoms with Crippen LogP contribution in [0.15, 0.2) is 42.5 Å². The molecule has 0 aliphatic carbocycles. The van der Waals surface area contributed by atoms with Crippen molar-refractivity contribution in [2.75, 3.05) is 0 Å². The van der Waals surface area contributed by atoms with Crippen molar-refractivity contribution in [3.63, 3.8) is 0 Å². The van der Waals surface area contributed by atoms with Gasteiger partial charge < -0.3 is 0 Å². The van der Waals surface area contributed by atoms with E-state index in [9.17, 15) is 0 Å². The van der Waals surface area contributed by atoms with Crippen LogP contribution in [-0.4, -0.2) is 4.98 Å². The van der Waals surface area contributed by atoms with E-state index in [2.05, 4.69) is 24.0 Å². The minimum Gasteiger partial charge on any atom is -0.248 e. The van der Waals surface area contributed by atoms with E-state index < -0.39 is 0 Å². The van der Waals surface area contributed by atoms with E-state index in [0.717, 1.165) is 27.9 Å². The summed E-state index contributed by atoms with van der Waals surface area (Å²) < 4.78 is 0. The second-order valence-electron chi connectivity index (χ2n) is 4.13. The van der Waals surface area contributed by atoms with Crippen LogP contribution in [0.4, 0.5) is 0 Å². The second-order valence-corrected chi connectivity index (χ2v) is 4.53. The summed E-state index contributed by atoms with van der Waals surface area (Å²) in [6.45, 7) is 2.12. The number of nitrogens with zero attached hydrogens (tertiary/aromatic N) is 1. The van der Waals surface area contributed by atoms with Crippen molar-refractivity contribution in [3.8, 4) is 0 Å². The van der Waals surface area contributed by atoms with Gasteiger partial charge in [0.15, 0.2) is 0 Å². The molecular weight excluding hydrogens is 230 g/mol. The van der Waals surface area contributed by atoms with Crippen molar-refractivity contribution in [1.29, 1.82) is 0 Å². The summed E-state index contributed by atoms with van der Waals surface area (Å²) in [6.07, 6.45) is 0.927. The van der Waals surface area contributed by atoms with Gasteiger partial charge in [-0.05, 0) is 36.2 Å². The van der Waals surface area contributed by atoms with Crippen molar-refractivity contribution in [3.05, 3.63) is 53.1 Å². The van der Waals surface area contributed by atoms with Crippen molar-refractivity contribution in [2.24, 2.45) is 0 Å². The van der Waals surface area contributed by atoms with Gasteiger partial charge in [0, 0.05) is 15.8 Å². The fourth-order valence-corrected chi connectivity index (χ4v) is 2.54. The largest absolute Gasteiger partial charge is 0.248 e. The Labute approximate surface area is 105 Å². The Bertz CT molecular complexity index is 704. The standard InChI is InChI=1S/C15H12ClN/c1-2-11-12-9-10-5-3-4-6-14(10)17-15(12)8-7-13(11)16/h3-9H,2H2,1H3. The first kappa shape index (κ1) is 10.5. The van der Waals surface area contributed by atoms with E-state index in [1.54, 1.807) is 0 Å². The van der Waals surface area contributed by atoms with E-state index in [-0.39, 0.29) is 0 Å². The van der Waals surface area contributed by atoms with Gasteiger partial charge in [-0.1, -0.05) is 36.7 Å². The predicted octanol–water partition coefficient (Wildman–Crippen LogP) is 4.60. The molecule has 0 radical (unpaired) electrons. The number of aromatic nitrogens is 1. The Morgan fingerprint density at radius 2 is 1.88 bits per heavy atom. The summed E-state index contributed by atoms with van der Waals surface area (Å²) in [5.41, 5.74) is 3.23. The van der Waals surface area contributed by atoms with E-state index >= 15 is 0 Å². The van der Waals surface area contributed by atoms with Gasteiger partial charge in [-0.15, -0.1) is 0 Å². The molecule has 0 saturated carbocycles. The first-order valence-corrected chi connectivity index (χ1v) is 6.14. The smallest absolute Gasteiger partial charge is 0.0713 e. The van der Waals surface area contributed by atoms with Crippen LogP contribution >= 0.6 is 11.6 Å². The molecule has 17 heavy (non-hydrogen) atoms. The second kappa shape index (κ2) is 4.01. The summed E-state index contributed by atoms with van der Waals surface area (Å²) in [6, 6.07) is 14.3. The Kier molecular flexibility index (Phi) is 2.49. The first-order chi connectivity index (χ1) is 8.29. The molecule has 2 aromatic carbocycles. The quantitative estimate of drug-likeness (QED) is 0.567. The van der Waals surface area contributed by atoms with Gasteiger partial charge in [0.2, 0.25) is 0 Å². The highest BCUT2D eigenvalue weighted by Crippen LogP contribution is 2.28. The number of aryl methyl sites for hydroxylation is 1. The lowest BCUT2D eigenvalue weighted by Crippen LogP contribution is -1.89. The molecule has 2 heteroatoms. The molecule has 0 aliphatic rings. The van der Waals surface area contributed by atoms with Crippen molar-refractivity contribution in [1.82, 2.24) is 4.98 Å². The fraction of sp³-hybridized carbons (Fsp3) is 0.133. The Hall–Kier alpha value is -1.60. The van der Waals surface area contributed by atoms with Crippen LogP contribution in [0.5, 0.6) is 0 Å². The van der Waals surface area contributed by atoms with Gasteiger partial charge in [0.25, 0.3) is 0 Å². The number of pyridine rings is 1. The molecule has 0 N–H and O–H groups in total. The number of hydrogen-bond donors (Lipinski definition) is 0. The molecule has 0 aliphatic heterocycles. The average molecular weight is 242 g/mol. The number of hydrogen-bond acceptors (Lipinski definition) is 1. The number of rotatable bonds is 1. The lowest BCUT2D eigenvalue weighted by molar-refractivity contribution is 1.16. The minimum absolute atomic E-state index is 0.831. The molecule has 1 heterocycles. The summed E-state index contributed by atoms with van der Waals surface area (Å²) in [5, 5.41) is 3.16. The molecule has 0 spiro atoms. The maximum atomic E-state index is 6.23. The van der Waals surface area contributed by atoms with Gasteiger partial charge in [-0.3, -0.25) is 0 Å². The number of halogens is 1. The van der Waals surface area contributed by atoms with Gasteiger partial charge in [-0.25, -0.2) is 4.98 Å². The van der Waals surface area contributed by atoms with Gasteiger partial charge in [-0.2, -0.15) is 0 Å². The van der Waals surface area contributed by atoms with Crippen LogP contribution in [0.25, 0.3) is 21.8 Å². The molecule has 0 saturated heterocycles. The zero-order valence-corrected chi connectivity index (χ0v) is 10.3. The Morgan fingerprint density at radius 3 is 2.71 bits per heavy atom. The van der Waals surface area contributed by atoms with Crippen LogP contribution in [0.1, 0.15) is 12.5 Å². The highest BCUT2D eigenvalue weighted by Gasteiger charge is 2.06. The fourth-order valence-electron chi connectivity index (χ4n) is 2.24. The monoisotopic (exact) mass is 241 g/mol. The Morgan fingerprint density at radius 1 is 1.06 bits per heavy atom. The van der Waals surface area contributed by atoms with Crippen molar-refractivity contribution < 1.29 is 0 Å². The van der Waals surface area contributed by atoms with Gasteiger partial charge in [0.05, 0.1) is 11.0 Å². The molecule has 1 nitrogen and oxygen atoms in total. The van der Waals surface area contributed by atoms with Crippen LogP contribution in [0.3, 0.4) is 0 Å². The molecule has 1 aromatic heterocycles. The molecule has 84 valence electrons. The van der Waals surface area contributed by atoms with E-state index in [1.807, 2.05) is 30.3 Å². The van der Waals surface area contributed by atoms with Crippen LogP contribution in [0, 0.1) is 0 Å². The van der Waals surface area contributed by atoms with E-state index in [1.165, 1.54) is 10.9 Å². The van der Waals surface area contributed by atoms with E-state index in [0.29, 0.717) is 0 Å². The summed E-state index contributed by atoms with van der Waals surface area (Å²) in [5.74, 6) is 0. The SMILES string of the molecule is CCc1c(Cl)ccc2nc3ccccc3cc12. The molecule has 0 atom stereocenters. The third-order valence-corrected chi connectivity index (χ3v) is 3.46. The Balaban J connectivity index is 2.47. The summed E-state index contributed by atoms with van der Waals surface area (Å²) in [4.78, 5) is 4.67. The molecule has 0 unspecified atom stereocenters. The zero-order chi connectivity index (χ0) is 11.8. The van der Waals surface area contributed by atoms with Crippen molar-refractivity contribution >= 4 is 33.4 Å². The highest BCUT2D eigenvalue weighted by atomic mass is 35.5. The average Bonchev–Trinajstić information content (AvgIpc) is 2.36. The molecule has 0 amide bonds.